The van der Waals surface area contributed by atoms with Gasteiger partial charge in [-0.2, -0.15) is 0 Å². The number of amides is 1. The van der Waals surface area contributed by atoms with Crippen molar-refractivity contribution in [2.45, 2.75) is 10.9 Å². The minimum absolute atomic E-state index is 0.0309. The number of ether oxygens (including phenoxy) is 1. The molecule has 0 radical (unpaired) electrons. The Morgan fingerprint density at radius 3 is 2.27 bits per heavy atom. The number of rotatable bonds is 7. The van der Waals surface area contributed by atoms with E-state index in [1.165, 1.54) is 12.1 Å². The first kappa shape index (κ1) is 19.9. The molecule has 7 heteroatoms. The van der Waals surface area contributed by atoms with Gasteiger partial charge in [0.05, 0.1) is 23.6 Å². The summed E-state index contributed by atoms with van der Waals surface area (Å²) in [4.78, 5) is 14.6. The zero-order valence-corrected chi connectivity index (χ0v) is 16.2. The van der Waals surface area contributed by atoms with Crippen LogP contribution in [0.25, 0.3) is 0 Å². The summed E-state index contributed by atoms with van der Waals surface area (Å²) in [5.41, 5.74) is 1.18. The van der Waals surface area contributed by atoms with E-state index in [4.69, 9.17) is 4.74 Å². The summed E-state index contributed by atoms with van der Waals surface area (Å²) in [6.07, 6.45) is 1.10. The lowest BCUT2D eigenvalue weighted by Crippen LogP contribution is -2.35. The predicted octanol–water partition coefficient (Wildman–Crippen LogP) is 2.13. The van der Waals surface area contributed by atoms with Gasteiger partial charge < -0.3 is 15.0 Å². The summed E-state index contributed by atoms with van der Waals surface area (Å²) in [7, 11) is 1.97. The van der Waals surface area contributed by atoms with Crippen LogP contribution in [0.3, 0.4) is 0 Å². The van der Waals surface area contributed by atoms with Crippen molar-refractivity contribution in [2.75, 3.05) is 34.0 Å². The van der Waals surface area contributed by atoms with E-state index in [-0.39, 0.29) is 16.5 Å². The van der Waals surface area contributed by atoms with Crippen LogP contribution in [0.2, 0.25) is 0 Å². The summed E-state index contributed by atoms with van der Waals surface area (Å²) in [5, 5.41) is 2.84. The summed E-state index contributed by atoms with van der Waals surface area (Å²) in [6, 6.07) is 13.8. The van der Waals surface area contributed by atoms with Crippen molar-refractivity contribution >= 4 is 15.7 Å². The number of benzene rings is 2. The van der Waals surface area contributed by atoms with Crippen LogP contribution in [-0.2, 0) is 9.84 Å². The lowest BCUT2D eigenvalue weighted by molar-refractivity contribution is 0.0938. The molecular weight excluding hydrogens is 352 g/mol. The lowest BCUT2D eigenvalue weighted by atomic mass is 10.1. The van der Waals surface area contributed by atoms with Crippen molar-refractivity contribution in [2.24, 2.45) is 0 Å². The number of carbonyl (C=O) groups is 1. The first-order chi connectivity index (χ1) is 12.2. The van der Waals surface area contributed by atoms with Crippen LogP contribution in [0.15, 0.2) is 53.4 Å². The Kier molecular flexibility index (Phi) is 6.39. The minimum atomic E-state index is -3.48. The number of nitrogens with one attached hydrogen (secondary N) is 1. The molecule has 0 saturated heterocycles. The van der Waals surface area contributed by atoms with Crippen LogP contribution in [0.1, 0.15) is 22.0 Å². The van der Waals surface area contributed by atoms with Gasteiger partial charge in [-0.05, 0) is 43.9 Å². The molecule has 0 heterocycles. The van der Waals surface area contributed by atoms with Crippen molar-refractivity contribution in [3.63, 3.8) is 0 Å². The SMILES string of the molecule is COc1ccc(C(CNC(=O)c2ccccc2S(C)(=O)=O)N(C)C)cc1. The quantitative estimate of drug-likeness (QED) is 0.801. The molecule has 1 N–H and O–H groups in total. The van der Waals surface area contributed by atoms with Gasteiger partial charge in [-0.25, -0.2) is 8.42 Å². The van der Waals surface area contributed by atoms with Crippen LogP contribution in [-0.4, -0.2) is 53.2 Å². The number of hydrogen-bond acceptors (Lipinski definition) is 5. The standard InChI is InChI=1S/C19H24N2O4S/c1-21(2)17(14-9-11-15(25-3)12-10-14)13-20-19(22)16-7-5-6-8-18(16)26(4,23)24/h5-12,17H,13H2,1-4H3,(H,20,22). The van der Waals surface area contributed by atoms with Gasteiger partial charge in [0.2, 0.25) is 0 Å². The van der Waals surface area contributed by atoms with Gasteiger partial charge in [-0.1, -0.05) is 24.3 Å². The van der Waals surface area contributed by atoms with E-state index >= 15 is 0 Å². The summed E-state index contributed by atoms with van der Waals surface area (Å²) in [5.74, 6) is 0.351. The van der Waals surface area contributed by atoms with Crippen LogP contribution < -0.4 is 10.1 Å². The number of carbonyl (C=O) groups excluding carboxylic acids is 1. The maximum Gasteiger partial charge on any atom is 0.252 e. The van der Waals surface area contributed by atoms with Crippen molar-refractivity contribution in [3.8, 4) is 5.75 Å². The maximum atomic E-state index is 12.6. The molecular formula is C19H24N2O4S. The van der Waals surface area contributed by atoms with E-state index in [1.54, 1.807) is 19.2 Å². The molecule has 0 aliphatic heterocycles. The molecule has 1 atom stereocenters. The van der Waals surface area contributed by atoms with Gasteiger partial charge in [-0.3, -0.25) is 4.79 Å². The molecule has 0 aromatic heterocycles. The molecule has 2 aromatic rings. The third kappa shape index (κ3) is 4.83. The van der Waals surface area contributed by atoms with Crippen molar-refractivity contribution in [3.05, 3.63) is 59.7 Å². The van der Waals surface area contributed by atoms with Crippen molar-refractivity contribution in [1.82, 2.24) is 10.2 Å². The molecule has 0 fully saturated rings. The van der Waals surface area contributed by atoms with Gasteiger partial charge in [0.1, 0.15) is 5.75 Å². The monoisotopic (exact) mass is 376 g/mol. The molecule has 1 amide bonds. The number of hydrogen-bond donors (Lipinski definition) is 1. The summed E-state index contributed by atoms with van der Waals surface area (Å²) in [6.45, 7) is 0.344. The highest BCUT2D eigenvalue weighted by Crippen LogP contribution is 2.21. The second-order valence-electron chi connectivity index (χ2n) is 6.23. The van der Waals surface area contributed by atoms with E-state index in [0.29, 0.717) is 6.54 Å². The molecule has 0 aliphatic rings. The van der Waals surface area contributed by atoms with E-state index in [2.05, 4.69) is 5.32 Å². The third-order valence-electron chi connectivity index (χ3n) is 4.11. The lowest BCUT2D eigenvalue weighted by Gasteiger charge is -2.25. The predicted molar refractivity (Wildman–Crippen MR) is 101 cm³/mol. The van der Waals surface area contributed by atoms with E-state index < -0.39 is 15.7 Å². The Bertz CT molecular complexity index is 861. The van der Waals surface area contributed by atoms with Crippen molar-refractivity contribution < 1.29 is 17.9 Å². The topological polar surface area (TPSA) is 75.7 Å². The third-order valence-corrected chi connectivity index (χ3v) is 5.27. The molecule has 0 spiro atoms. The molecule has 0 bridgehead atoms. The van der Waals surface area contributed by atoms with Crippen LogP contribution >= 0.6 is 0 Å². The smallest absolute Gasteiger partial charge is 0.252 e. The summed E-state index contributed by atoms with van der Waals surface area (Å²) >= 11 is 0. The number of methoxy groups -OCH3 is 1. The van der Waals surface area contributed by atoms with E-state index in [9.17, 15) is 13.2 Å². The Hall–Kier alpha value is -2.38. The molecule has 6 nitrogen and oxygen atoms in total. The zero-order valence-electron chi connectivity index (χ0n) is 15.4. The Morgan fingerprint density at radius 2 is 1.73 bits per heavy atom. The average molecular weight is 376 g/mol. The largest absolute Gasteiger partial charge is 0.497 e. The maximum absolute atomic E-state index is 12.6. The van der Waals surface area contributed by atoms with E-state index in [1.807, 2.05) is 43.3 Å². The highest BCUT2D eigenvalue weighted by molar-refractivity contribution is 7.90. The molecule has 26 heavy (non-hydrogen) atoms. The molecule has 0 aliphatic carbocycles. The first-order valence-electron chi connectivity index (χ1n) is 8.11. The molecule has 0 saturated carbocycles. The Balaban J connectivity index is 2.18. The van der Waals surface area contributed by atoms with Crippen molar-refractivity contribution in [1.29, 1.82) is 0 Å². The highest BCUT2D eigenvalue weighted by atomic mass is 32.2. The fourth-order valence-electron chi connectivity index (χ4n) is 2.69. The average Bonchev–Trinajstić information content (AvgIpc) is 2.61. The number of sulfone groups is 1. The van der Waals surface area contributed by atoms with Gasteiger partial charge in [-0.15, -0.1) is 0 Å². The van der Waals surface area contributed by atoms with Gasteiger partial charge in [0.25, 0.3) is 5.91 Å². The zero-order chi connectivity index (χ0) is 19.3. The first-order valence-corrected chi connectivity index (χ1v) is 10.0. The normalized spacial score (nSPS) is 12.7. The van der Waals surface area contributed by atoms with Gasteiger partial charge >= 0.3 is 0 Å². The Morgan fingerprint density at radius 1 is 1.12 bits per heavy atom. The second-order valence-corrected chi connectivity index (χ2v) is 8.22. The molecule has 2 rings (SSSR count). The molecule has 140 valence electrons. The fourth-order valence-corrected chi connectivity index (χ4v) is 3.57. The molecule has 2 aromatic carbocycles. The van der Waals surface area contributed by atoms with Gasteiger partial charge in [0, 0.05) is 12.8 Å². The second kappa shape index (κ2) is 8.33. The number of likely N-dealkylation sites (N-methyl/N-ethyl adjacent to an activating group) is 1. The number of nitrogens with zero attached hydrogens (tertiary/aromatic N) is 1. The highest BCUT2D eigenvalue weighted by Gasteiger charge is 2.20. The van der Waals surface area contributed by atoms with Crippen LogP contribution in [0, 0.1) is 0 Å². The van der Waals surface area contributed by atoms with Gasteiger partial charge in [0.15, 0.2) is 9.84 Å². The Labute approximate surface area is 154 Å². The van der Waals surface area contributed by atoms with Crippen LogP contribution in [0.4, 0.5) is 0 Å². The minimum Gasteiger partial charge on any atom is -0.497 e. The summed E-state index contributed by atoms with van der Waals surface area (Å²) < 4.78 is 28.9. The molecule has 1 unspecified atom stereocenters. The fraction of sp³-hybridized carbons (Fsp3) is 0.316. The van der Waals surface area contributed by atoms with Crippen LogP contribution in [0.5, 0.6) is 5.75 Å². The van der Waals surface area contributed by atoms with E-state index in [0.717, 1.165) is 17.6 Å².